The van der Waals surface area contributed by atoms with Gasteiger partial charge in [-0.2, -0.15) is 0 Å². The lowest BCUT2D eigenvalue weighted by molar-refractivity contribution is -0.212. The molecular weight excluding hydrogens is 464 g/mol. The van der Waals surface area contributed by atoms with Crippen molar-refractivity contribution in [1.82, 2.24) is 0 Å². The summed E-state index contributed by atoms with van der Waals surface area (Å²) in [5.74, 6) is -0.0707. The lowest BCUT2D eigenvalue weighted by Crippen LogP contribution is -2.64. The fourth-order valence-electron chi connectivity index (χ4n) is 11.0. The first-order valence-electron chi connectivity index (χ1n) is 14.8. The third-order valence-corrected chi connectivity index (χ3v) is 13.7. The van der Waals surface area contributed by atoms with E-state index in [-0.39, 0.29) is 39.8 Å². The summed E-state index contributed by atoms with van der Waals surface area (Å²) in [6.45, 7) is 16.5. The van der Waals surface area contributed by atoms with Gasteiger partial charge in [-0.15, -0.1) is 0 Å². The highest BCUT2D eigenvalue weighted by atomic mass is 16.5. The van der Waals surface area contributed by atoms with Crippen molar-refractivity contribution in [3.05, 3.63) is 11.6 Å². The molecule has 9 atom stereocenters. The highest BCUT2D eigenvalue weighted by molar-refractivity contribution is 5.74. The number of carboxylic acid groups (broad SMARTS) is 2. The smallest absolute Gasteiger partial charge is 0.329 e. The van der Waals surface area contributed by atoms with Gasteiger partial charge in [0.25, 0.3) is 0 Å². The van der Waals surface area contributed by atoms with Crippen molar-refractivity contribution in [2.24, 2.45) is 50.2 Å². The van der Waals surface area contributed by atoms with E-state index >= 15 is 0 Å². The lowest BCUT2D eigenvalue weighted by atomic mass is 9.33. The van der Waals surface area contributed by atoms with Crippen LogP contribution < -0.4 is 0 Å². The second-order valence-corrected chi connectivity index (χ2v) is 15.6. The average molecular weight is 515 g/mol. The first-order valence-corrected chi connectivity index (χ1v) is 14.8. The van der Waals surface area contributed by atoms with Crippen LogP contribution in [-0.4, -0.2) is 34.9 Å². The maximum atomic E-state index is 12.3. The first kappa shape index (κ1) is 27.2. The number of aliphatic carboxylic acids is 2. The summed E-state index contributed by atoms with van der Waals surface area (Å²) in [4.78, 5) is 23.5. The van der Waals surface area contributed by atoms with Crippen molar-refractivity contribution in [2.75, 3.05) is 6.61 Å². The molecule has 0 radical (unpaired) electrons. The van der Waals surface area contributed by atoms with E-state index in [0.717, 1.165) is 44.9 Å². The zero-order valence-corrected chi connectivity index (χ0v) is 24.3. The molecule has 5 rings (SSSR count). The summed E-state index contributed by atoms with van der Waals surface area (Å²) in [7, 11) is 0. The van der Waals surface area contributed by atoms with Gasteiger partial charge in [0, 0.05) is 0 Å². The molecule has 0 aromatic rings. The van der Waals surface area contributed by atoms with Crippen LogP contribution in [0.25, 0.3) is 0 Å². The van der Waals surface area contributed by atoms with Crippen LogP contribution in [0.4, 0.5) is 0 Å². The zero-order valence-electron chi connectivity index (χ0n) is 24.3. The summed E-state index contributed by atoms with van der Waals surface area (Å²) in [6.07, 6.45) is 13.0. The van der Waals surface area contributed by atoms with Crippen molar-refractivity contribution < 1.29 is 24.5 Å². The fourth-order valence-corrected chi connectivity index (χ4v) is 11.0. The molecule has 0 heterocycles. The molecule has 2 N–H and O–H groups in total. The van der Waals surface area contributed by atoms with Crippen LogP contribution in [0.2, 0.25) is 0 Å². The molecule has 208 valence electrons. The van der Waals surface area contributed by atoms with Crippen molar-refractivity contribution >= 4 is 11.9 Å². The monoisotopic (exact) mass is 514 g/mol. The van der Waals surface area contributed by atoms with Gasteiger partial charge >= 0.3 is 11.9 Å². The minimum absolute atomic E-state index is 0.0114. The Labute approximate surface area is 223 Å². The number of carbonyl (C=O) groups is 2. The van der Waals surface area contributed by atoms with Crippen molar-refractivity contribution in [3.8, 4) is 0 Å². The zero-order chi connectivity index (χ0) is 27.2. The number of rotatable bonds is 4. The van der Waals surface area contributed by atoms with Gasteiger partial charge in [0.1, 0.15) is 6.61 Å². The maximum absolute atomic E-state index is 12.3. The third kappa shape index (κ3) is 3.64. The van der Waals surface area contributed by atoms with Gasteiger partial charge in [-0.3, -0.25) is 4.79 Å². The molecule has 0 aromatic carbocycles. The lowest BCUT2D eigenvalue weighted by Gasteiger charge is -2.71. The molecule has 0 bridgehead atoms. The van der Waals surface area contributed by atoms with E-state index < -0.39 is 17.4 Å². The number of ether oxygens (including phenoxy) is 1. The van der Waals surface area contributed by atoms with Gasteiger partial charge in [-0.1, -0.05) is 53.2 Å². The molecule has 5 aliphatic carbocycles. The second-order valence-electron chi connectivity index (χ2n) is 15.6. The molecule has 5 heteroatoms. The average Bonchev–Trinajstić information content (AvgIpc) is 2.79. The van der Waals surface area contributed by atoms with E-state index in [1.807, 2.05) is 6.92 Å². The highest BCUT2D eigenvalue weighted by Crippen LogP contribution is 2.75. The van der Waals surface area contributed by atoms with Crippen LogP contribution in [0.5, 0.6) is 0 Å². The Balaban J connectivity index is 1.50. The molecule has 0 aliphatic heterocycles. The van der Waals surface area contributed by atoms with Crippen molar-refractivity contribution in [1.29, 1.82) is 0 Å². The van der Waals surface area contributed by atoms with Gasteiger partial charge in [0.15, 0.2) is 0 Å². The molecule has 0 unspecified atom stereocenters. The largest absolute Gasteiger partial charge is 0.481 e. The van der Waals surface area contributed by atoms with Crippen LogP contribution in [-0.2, 0) is 14.3 Å². The van der Waals surface area contributed by atoms with Gasteiger partial charge in [0.05, 0.1) is 11.5 Å². The normalized spacial score (nSPS) is 50.5. The van der Waals surface area contributed by atoms with Crippen LogP contribution in [0.1, 0.15) is 113 Å². The van der Waals surface area contributed by atoms with E-state index in [4.69, 9.17) is 4.74 Å². The van der Waals surface area contributed by atoms with E-state index in [9.17, 15) is 19.8 Å². The van der Waals surface area contributed by atoms with Crippen molar-refractivity contribution in [2.45, 2.75) is 119 Å². The molecule has 5 aliphatic rings. The number of carboxylic acids is 2. The van der Waals surface area contributed by atoms with Crippen LogP contribution in [0.3, 0.4) is 0 Å². The fraction of sp³-hybridized carbons (Fsp3) is 0.875. The van der Waals surface area contributed by atoms with E-state index in [0.29, 0.717) is 17.8 Å². The summed E-state index contributed by atoms with van der Waals surface area (Å²) in [6, 6.07) is 0. The predicted molar refractivity (Wildman–Crippen MR) is 144 cm³/mol. The summed E-state index contributed by atoms with van der Waals surface area (Å²) in [5, 5.41) is 19.3. The van der Waals surface area contributed by atoms with Gasteiger partial charge in [0.2, 0.25) is 0 Å². The molecule has 0 spiro atoms. The van der Waals surface area contributed by atoms with Gasteiger partial charge in [-0.25, -0.2) is 4.79 Å². The summed E-state index contributed by atoms with van der Waals surface area (Å²) >= 11 is 0. The number of hydrogen-bond donors (Lipinski definition) is 2. The molecule has 4 fully saturated rings. The standard InChI is InChI=1S/C32H50O5/c1-27(2)22-10-13-32(7)23(30(22,5)12-11-24(27)37-19-25(33)34)9-8-20-21-18-29(4,26(35)36)15-14-28(21,3)16-17-31(20,32)6/h8,21-24H,9-19H2,1-7H3,(H,33,34)(H,35,36)/t21-,22-,23+,24-,28+,29-,30-,31+,32+/m0/s1. The van der Waals surface area contributed by atoms with Crippen LogP contribution in [0.15, 0.2) is 11.6 Å². The predicted octanol–water partition coefficient (Wildman–Crippen LogP) is 7.34. The number of hydrogen-bond acceptors (Lipinski definition) is 3. The Morgan fingerprint density at radius 2 is 1.57 bits per heavy atom. The summed E-state index contributed by atoms with van der Waals surface area (Å²) in [5.41, 5.74) is 1.60. The molecule has 37 heavy (non-hydrogen) atoms. The Kier molecular flexibility index (Phi) is 6.12. The molecule has 4 saturated carbocycles. The highest BCUT2D eigenvalue weighted by Gasteiger charge is 2.68. The van der Waals surface area contributed by atoms with Crippen LogP contribution >= 0.6 is 0 Å². The molecule has 0 saturated heterocycles. The number of fused-ring (bicyclic) bond motifs is 7. The third-order valence-electron chi connectivity index (χ3n) is 13.7. The topological polar surface area (TPSA) is 83.8 Å². The maximum Gasteiger partial charge on any atom is 0.329 e. The van der Waals surface area contributed by atoms with E-state index in [2.05, 4.69) is 47.6 Å². The van der Waals surface area contributed by atoms with E-state index in [1.54, 1.807) is 5.57 Å². The minimum atomic E-state index is -0.885. The Hall–Kier alpha value is -1.36. The SMILES string of the molecule is CC1(C)[C@@H](OCC(=O)O)CC[C@]2(C)[C@H]3CC=C4[C@@H]5C[C@@](C)(C(=O)O)CC[C@]5(C)CC[C@@]4(C)[C@]3(C)CC[C@@H]12. The summed E-state index contributed by atoms with van der Waals surface area (Å²) < 4.78 is 5.97. The van der Waals surface area contributed by atoms with Crippen LogP contribution in [0, 0.1) is 50.2 Å². The second kappa shape index (κ2) is 8.32. The molecular formula is C32H50O5. The van der Waals surface area contributed by atoms with Gasteiger partial charge in [-0.05, 0) is 116 Å². The Morgan fingerprint density at radius 1 is 0.892 bits per heavy atom. The Morgan fingerprint density at radius 3 is 2.22 bits per heavy atom. The van der Waals surface area contributed by atoms with Gasteiger partial charge < -0.3 is 14.9 Å². The quantitative estimate of drug-likeness (QED) is 0.383. The number of allylic oxidation sites excluding steroid dienone is 2. The van der Waals surface area contributed by atoms with E-state index in [1.165, 1.54) is 19.3 Å². The van der Waals surface area contributed by atoms with Crippen molar-refractivity contribution in [3.63, 3.8) is 0 Å². The molecule has 5 nitrogen and oxygen atoms in total. The first-order chi connectivity index (χ1) is 17.0. The molecule has 0 amide bonds. The molecule has 0 aromatic heterocycles. The minimum Gasteiger partial charge on any atom is -0.481 e. The Bertz CT molecular complexity index is 1010.